The van der Waals surface area contributed by atoms with Crippen molar-refractivity contribution in [2.24, 2.45) is 0 Å². The van der Waals surface area contributed by atoms with Crippen molar-refractivity contribution >= 4 is 72.9 Å². The minimum atomic E-state index is 0.159. The monoisotopic (exact) mass is 566 g/mol. The molecule has 0 aliphatic carbocycles. The molecule has 0 saturated heterocycles. The van der Waals surface area contributed by atoms with Gasteiger partial charge in [-0.3, -0.25) is 0 Å². The Balaban J connectivity index is 1.36. The van der Waals surface area contributed by atoms with E-state index in [4.69, 9.17) is 0 Å². The molecular formula is C34H22N4Se. The van der Waals surface area contributed by atoms with Gasteiger partial charge in [-0.1, -0.05) is 12.1 Å². The summed E-state index contributed by atoms with van der Waals surface area (Å²) in [5.41, 5.74) is 8.00. The van der Waals surface area contributed by atoms with Gasteiger partial charge in [0.05, 0.1) is 0 Å². The number of benzene rings is 5. The molecule has 0 bridgehead atoms. The van der Waals surface area contributed by atoms with Crippen LogP contribution in [0.25, 0.3) is 47.0 Å². The molecule has 39 heavy (non-hydrogen) atoms. The fourth-order valence-electron chi connectivity index (χ4n) is 5.60. The summed E-state index contributed by atoms with van der Waals surface area (Å²) in [6, 6.07) is 43.4. The van der Waals surface area contributed by atoms with Crippen LogP contribution in [0, 0.1) is 0 Å². The molecule has 4 nitrogen and oxygen atoms in total. The zero-order chi connectivity index (χ0) is 25.8. The summed E-state index contributed by atoms with van der Waals surface area (Å²) in [6.07, 6.45) is 3.59. The molecule has 0 aliphatic heterocycles. The maximum absolute atomic E-state index is 4.61. The SMILES string of the molecule is c1ccc(N(c2ccccc2)c2ccc3c(c2)c2ccccc2n3-c2ccc3c(c2)[se]c2nccnc23)cc1. The third-order valence-corrected chi connectivity index (χ3v) is 9.50. The Bertz CT molecular complexity index is 2090. The summed E-state index contributed by atoms with van der Waals surface area (Å²) < 4.78 is 4.85. The molecule has 5 heteroatoms. The van der Waals surface area contributed by atoms with Crippen molar-refractivity contribution in [1.82, 2.24) is 14.5 Å². The summed E-state index contributed by atoms with van der Waals surface area (Å²) >= 11 is 0.159. The van der Waals surface area contributed by atoms with Gasteiger partial charge in [-0.2, -0.15) is 0 Å². The van der Waals surface area contributed by atoms with Gasteiger partial charge in [-0.15, -0.1) is 0 Å². The van der Waals surface area contributed by atoms with E-state index in [0.717, 1.165) is 27.0 Å². The first-order chi connectivity index (χ1) is 19.3. The van der Waals surface area contributed by atoms with Crippen molar-refractivity contribution in [2.45, 2.75) is 0 Å². The Hall–Kier alpha value is -4.70. The van der Waals surface area contributed by atoms with Crippen LogP contribution in [0.3, 0.4) is 0 Å². The number of rotatable bonds is 4. The number of aromatic nitrogens is 3. The normalized spacial score (nSPS) is 11.6. The zero-order valence-corrected chi connectivity index (χ0v) is 22.6. The van der Waals surface area contributed by atoms with Crippen molar-refractivity contribution in [3.8, 4) is 5.69 Å². The van der Waals surface area contributed by atoms with Crippen molar-refractivity contribution < 1.29 is 0 Å². The van der Waals surface area contributed by atoms with E-state index in [9.17, 15) is 0 Å². The molecule has 0 spiro atoms. The number of para-hydroxylation sites is 3. The van der Waals surface area contributed by atoms with Gasteiger partial charge >= 0.3 is 220 Å². The van der Waals surface area contributed by atoms with Crippen LogP contribution in [0.2, 0.25) is 0 Å². The Morgan fingerprint density at radius 3 is 2.03 bits per heavy atom. The quantitative estimate of drug-likeness (QED) is 0.201. The van der Waals surface area contributed by atoms with Crippen LogP contribution in [0.5, 0.6) is 0 Å². The van der Waals surface area contributed by atoms with Crippen LogP contribution < -0.4 is 4.90 Å². The van der Waals surface area contributed by atoms with Crippen molar-refractivity contribution in [3.63, 3.8) is 0 Å². The van der Waals surface area contributed by atoms with Crippen LogP contribution in [0.1, 0.15) is 0 Å². The third kappa shape index (κ3) is 3.59. The molecule has 0 aliphatic rings. The molecule has 0 saturated carbocycles. The summed E-state index contributed by atoms with van der Waals surface area (Å²) in [6.45, 7) is 0. The standard InChI is InChI=1S/C34H22N4Se/c1-3-9-23(10-4-1)37(24-11-5-2-6-12-24)25-16-18-31-29(21-25)27-13-7-8-14-30(27)38(31)26-15-17-28-32(22-26)39-34-33(28)35-19-20-36-34/h1-22H. The molecular weight excluding hydrogens is 543 g/mol. The van der Waals surface area contributed by atoms with Gasteiger partial charge in [0.2, 0.25) is 0 Å². The van der Waals surface area contributed by atoms with Crippen LogP contribution in [-0.2, 0) is 0 Å². The van der Waals surface area contributed by atoms with E-state index >= 15 is 0 Å². The zero-order valence-electron chi connectivity index (χ0n) is 20.9. The van der Waals surface area contributed by atoms with Gasteiger partial charge in [0.15, 0.2) is 0 Å². The van der Waals surface area contributed by atoms with E-state index in [2.05, 4.69) is 141 Å². The summed E-state index contributed by atoms with van der Waals surface area (Å²) in [5.74, 6) is 0. The predicted octanol–water partition coefficient (Wildman–Crippen LogP) is 8.41. The molecule has 0 atom stereocenters. The Kier molecular flexibility index (Phi) is 5.12. The molecule has 8 rings (SSSR count). The molecule has 0 radical (unpaired) electrons. The fourth-order valence-corrected chi connectivity index (χ4v) is 7.77. The molecule has 0 amide bonds. The predicted molar refractivity (Wildman–Crippen MR) is 163 cm³/mol. The van der Waals surface area contributed by atoms with Crippen molar-refractivity contribution in [2.75, 3.05) is 4.90 Å². The molecule has 8 aromatic rings. The second kappa shape index (κ2) is 8.95. The summed E-state index contributed by atoms with van der Waals surface area (Å²) in [7, 11) is 0. The molecule has 0 N–H and O–H groups in total. The molecule has 3 heterocycles. The second-order valence-electron chi connectivity index (χ2n) is 9.55. The summed E-state index contributed by atoms with van der Waals surface area (Å²) in [5, 5.41) is 3.69. The van der Waals surface area contributed by atoms with Gasteiger partial charge in [0.25, 0.3) is 0 Å². The minimum absolute atomic E-state index is 0.159. The first-order valence-corrected chi connectivity index (χ1v) is 14.6. The van der Waals surface area contributed by atoms with Gasteiger partial charge in [0.1, 0.15) is 0 Å². The maximum atomic E-state index is 4.61. The van der Waals surface area contributed by atoms with E-state index < -0.39 is 0 Å². The van der Waals surface area contributed by atoms with Gasteiger partial charge in [-0.05, 0) is 0 Å². The van der Waals surface area contributed by atoms with Crippen LogP contribution in [-0.4, -0.2) is 29.0 Å². The topological polar surface area (TPSA) is 34.0 Å². The van der Waals surface area contributed by atoms with E-state index in [1.807, 2.05) is 0 Å². The van der Waals surface area contributed by atoms with E-state index in [-0.39, 0.29) is 14.5 Å². The number of nitrogens with zero attached hydrogens (tertiary/aromatic N) is 4. The molecule has 0 fully saturated rings. The van der Waals surface area contributed by atoms with Gasteiger partial charge in [0, 0.05) is 0 Å². The molecule has 5 aromatic carbocycles. The van der Waals surface area contributed by atoms with E-state index in [1.54, 1.807) is 12.4 Å². The molecule has 0 unspecified atom stereocenters. The Morgan fingerprint density at radius 1 is 0.538 bits per heavy atom. The first-order valence-electron chi connectivity index (χ1n) is 12.9. The average molecular weight is 566 g/mol. The van der Waals surface area contributed by atoms with Crippen molar-refractivity contribution in [3.05, 3.63) is 134 Å². The van der Waals surface area contributed by atoms with Gasteiger partial charge in [-0.25, -0.2) is 0 Å². The first kappa shape index (κ1) is 22.3. The molecule has 184 valence electrons. The van der Waals surface area contributed by atoms with Crippen LogP contribution in [0.4, 0.5) is 17.1 Å². The summed E-state index contributed by atoms with van der Waals surface area (Å²) in [4.78, 5) is 11.5. The third-order valence-electron chi connectivity index (χ3n) is 7.29. The second-order valence-corrected chi connectivity index (χ2v) is 11.7. The molecule has 3 aromatic heterocycles. The number of hydrogen-bond acceptors (Lipinski definition) is 3. The van der Waals surface area contributed by atoms with Gasteiger partial charge < -0.3 is 0 Å². The fraction of sp³-hybridized carbons (Fsp3) is 0. The average Bonchev–Trinajstić information content (AvgIpc) is 3.53. The number of anilines is 3. The Labute approximate surface area is 231 Å². The van der Waals surface area contributed by atoms with E-state index in [0.29, 0.717) is 0 Å². The van der Waals surface area contributed by atoms with E-state index in [1.165, 1.54) is 37.1 Å². The number of hydrogen-bond donors (Lipinski definition) is 0. The van der Waals surface area contributed by atoms with Crippen LogP contribution >= 0.6 is 0 Å². The van der Waals surface area contributed by atoms with Crippen LogP contribution in [0.15, 0.2) is 134 Å². The number of fused-ring (bicyclic) bond motifs is 6. The van der Waals surface area contributed by atoms with Crippen molar-refractivity contribution in [1.29, 1.82) is 0 Å². The Morgan fingerprint density at radius 2 is 1.23 bits per heavy atom.